The summed E-state index contributed by atoms with van der Waals surface area (Å²) < 4.78 is 41.4. The number of nitriles is 1. The third-order valence-electron chi connectivity index (χ3n) is 6.75. The van der Waals surface area contributed by atoms with Gasteiger partial charge < -0.3 is 20.2 Å². The first-order valence-corrected chi connectivity index (χ1v) is 11.2. The Bertz CT molecular complexity index is 1090. The van der Waals surface area contributed by atoms with Crippen LogP contribution in [-0.2, 0) is 4.79 Å². The first-order chi connectivity index (χ1) is 16.1. The molecular formula is C23H27F3N6O2. The second-order valence-corrected chi connectivity index (χ2v) is 9.35. The molecule has 0 aliphatic carbocycles. The average Bonchev–Trinajstić information content (AvgIpc) is 2.79. The minimum atomic E-state index is -4.44. The van der Waals surface area contributed by atoms with E-state index in [1.165, 1.54) is 18.5 Å². The second-order valence-electron chi connectivity index (χ2n) is 9.35. The van der Waals surface area contributed by atoms with Gasteiger partial charge in [-0.05, 0) is 38.4 Å². The molecule has 1 aromatic heterocycles. The fourth-order valence-corrected chi connectivity index (χ4v) is 4.81. The largest absolute Gasteiger partial charge is 0.393 e. The molecule has 0 radical (unpaired) electrons. The van der Waals surface area contributed by atoms with Crippen LogP contribution < -0.4 is 10.2 Å². The summed E-state index contributed by atoms with van der Waals surface area (Å²) in [6.07, 6.45) is -1.09. The van der Waals surface area contributed by atoms with Crippen molar-refractivity contribution in [2.24, 2.45) is 5.92 Å². The Kier molecular flexibility index (Phi) is 6.64. The maximum atomic E-state index is 13.8. The van der Waals surface area contributed by atoms with Gasteiger partial charge in [-0.15, -0.1) is 0 Å². The van der Waals surface area contributed by atoms with Crippen molar-refractivity contribution in [3.05, 3.63) is 30.1 Å². The van der Waals surface area contributed by atoms with Gasteiger partial charge in [-0.1, -0.05) is 0 Å². The number of fused-ring (bicyclic) bond motifs is 1. The zero-order valence-electron chi connectivity index (χ0n) is 18.8. The number of benzene rings is 1. The Labute approximate surface area is 195 Å². The van der Waals surface area contributed by atoms with E-state index >= 15 is 0 Å². The summed E-state index contributed by atoms with van der Waals surface area (Å²) in [5, 5.41) is 22.8. The van der Waals surface area contributed by atoms with Gasteiger partial charge in [0, 0.05) is 44.6 Å². The van der Waals surface area contributed by atoms with Gasteiger partial charge in [0.1, 0.15) is 17.1 Å². The molecule has 2 N–H and O–H groups in total. The highest BCUT2D eigenvalue weighted by atomic mass is 19.4. The molecule has 2 atom stereocenters. The maximum absolute atomic E-state index is 13.8. The summed E-state index contributed by atoms with van der Waals surface area (Å²) in [5.41, 5.74) is 0.237. The molecule has 8 nitrogen and oxygen atoms in total. The van der Waals surface area contributed by atoms with E-state index < -0.39 is 29.6 Å². The van der Waals surface area contributed by atoms with Gasteiger partial charge in [-0.25, -0.2) is 0 Å². The lowest BCUT2D eigenvalue weighted by atomic mass is 9.87. The average molecular weight is 477 g/mol. The number of hydrogen-bond donors (Lipinski definition) is 2. The number of aromatic nitrogens is 2. The van der Waals surface area contributed by atoms with Gasteiger partial charge in [0.15, 0.2) is 0 Å². The van der Waals surface area contributed by atoms with Crippen LogP contribution in [-0.4, -0.2) is 76.9 Å². The van der Waals surface area contributed by atoms with Gasteiger partial charge in [0.05, 0.1) is 29.2 Å². The fourth-order valence-electron chi connectivity index (χ4n) is 4.81. The molecule has 3 heterocycles. The van der Waals surface area contributed by atoms with Crippen molar-refractivity contribution in [3.63, 3.8) is 0 Å². The Morgan fingerprint density at radius 1 is 1.24 bits per heavy atom. The lowest BCUT2D eigenvalue weighted by Gasteiger charge is -2.41. The number of hydrogen-bond acceptors (Lipinski definition) is 7. The summed E-state index contributed by atoms with van der Waals surface area (Å²) in [4.78, 5) is 24.8. The predicted octanol–water partition coefficient (Wildman–Crippen LogP) is 2.22. The number of amides is 1. The highest BCUT2D eigenvalue weighted by Crippen LogP contribution is 2.37. The number of carbonyl (C=O) groups is 1. The molecule has 0 saturated carbocycles. The van der Waals surface area contributed by atoms with Crippen LogP contribution in [0.3, 0.4) is 0 Å². The normalized spacial score (nSPS) is 23.5. The SMILES string of the molecule is CN1CCC(O)(CC(=O)N[C@@H]2C[C@H](C(F)(F)F)CN(c3ccc(C#N)c4nccnc34)C2)CC1. The van der Waals surface area contributed by atoms with Crippen LogP contribution in [0.1, 0.15) is 31.2 Å². The summed E-state index contributed by atoms with van der Waals surface area (Å²) in [6, 6.07) is 4.37. The molecule has 1 amide bonds. The summed E-state index contributed by atoms with van der Waals surface area (Å²) >= 11 is 0. The van der Waals surface area contributed by atoms with Gasteiger partial charge in [-0.2, -0.15) is 18.4 Å². The number of carbonyl (C=O) groups excluding carboxylic acids is 1. The molecule has 0 spiro atoms. The number of piperidine rings is 2. The Morgan fingerprint density at radius 2 is 1.91 bits per heavy atom. The van der Waals surface area contributed by atoms with Crippen LogP contribution in [0.25, 0.3) is 11.0 Å². The van der Waals surface area contributed by atoms with Crippen molar-refractivity contribution < 1.29 is 23.1 Å². The number of likely N-dealkylation sites (tertiary alicyclic amines) is 1. The zero-order chi connectivity index (χ0) is 24.5. The Hall–Kier alpha value is -2.97. The molecule has 2 fully saturated rings. The Balaban J connectivity index is 1.55. The molecular weight excluding hydrogens is 449 g/mol. The van der Waals surface area contributed by atoms with Crippen molar-refractivity contribution in [2.45, 2.75) is 43.5 Å². The number of rotatable bonds is 4. The van der Waals surface area contributed by atoms with Gasteiger partial charge in [-0.3, -0.25) is 14.8 Å². The van der Waals surface area contributed by atoms with E-state index in [1.54, 1.807) is 11.0 Å². The van der Waals surface area contributed by atoms with Crippen LogP contribution in [0.2, 0.25) is 0 Å². The van der Waals surface area contributed by atoms with E-state index in [1.807, 2.05) is 13.1 Å². The maximum Gasteiger partial charge on any atom is 0.393 e. The van der Waals surface area contributed by atoms with E-state index in [4.69, 9.17) is 0 Å². The van der Waals surface area contributed by atoms with E-state index in [0.717, 1.165) is 0 Å². The van der Waals surface area contributed by atoms with Crippen LogP contribution in [0.5, 0.6) is 0 Å². The van der Waals surface area contributed by atoms with Crippen LogP contribution in [0.15, 0.2) is 24.5 Å². The first-order valence-electron chi connectivity index (χ1n) is 11.2. The third kappa shape index (κ3) is 5.23. The zero-order valence-corrected chi connectivity index (χ0v) is 18.8. The van der Waals surface area contributed by atoms with Crippen molar-refractivity contribution in [1.29, 1.82) is 5.26 Å². The van der Waals surface area contributed by atoms with E-state index in [2.05, 4.69) is 20.2 Å². The fraction of sp³-hybridized carbons (Fsp3) is 0.565. The monoisotopic (exact) mass is 476 g/mol. The lowest BCUT2D eigenvalue weighted by Crippen LogP contribution is -2.55. The molecule has 2 aromatic rings. The molecule has 1 aromatic carbocycles. The minimum absolute atomic E-state index is 0.140. The standard InChI is InChI=1S/C23H27F3N6O2/c1-31-8-4-22(34,5-9-31)11-19(33)30-17-10-16(23(24,25)26)13-32(14-17)18-3-2-15(12-27)20-21(18)29-7-6-28-20/h2-3,6-7,16-17,34H,4-5,8-11,13-14H2,1H3,(H,30,33)/t16-,17+/m0/s1. The highest BCUT2D eigenvalue weighted by Gasteiger charge is 2.45. The van der Waals surface area contributed by atoms with Crippen LogP contribution in [0, 0.1) is 17.2 Å². The van der Waals surface area contributed by atoms with Crippen LogP contribution >= 0.6 is 0 Å². The molecule has 4 rings (SSSR count). The third-order valence-corrected chi connectivity index (χ3v) is 6.75. The molecule has 0 unspecified atom stereocenters. The molecule has 2 saturated heterocycles. The first kappa shape index (κ1) is 24.2. The number of alkyl halides is 3. The molecule has 34 heavy (non-hydrogen) atoms. The van der Waals surface area contributed by atoms with E-state index in [9.17, 15) is 28.3 Å². The smallest absolute Gasteiger partial charge is 0.389 e. The molecule has 2 aliphatic rings. The second kappa shape index (κ2) is 9.35. The molecule has 2 aliphatic heterocycles. The summed E-state index contributed by atoms with van der Waals surface area (Å²) in [5.74, 6) is -2.11. The van der Waals surface area contributed by atoms with Gasteiger partial charge in [0.25, 0.3) is 0 Å². The quantitative estimate of drug-likeness (QED) is 0.697. The molecule has 11 heteroatoms. The number of halogens is 3. The predicted molar refractivity (Wildman–Crippen MR) is 119 cm³/mol. The van der Waals surface area contributed by atoms with Gasteiger partial charge >= 0.3 is 6.18 Å². The van der Waals surface area contributed by atoms with Crippen molar-refractivity contribution >= 4 is 22.6 Å². The molecule has 182 valence electrons. The molecule has 0 bridgehead atoms. The van der Waals surface area contributed by atoms with Gasteiger partial charge in [0.2, 0.25) is 5.91 Å². The van der Waals surface area contributed by atoms with E-state index in [0.29, 0.717) is 42.7 Å². The number of anilines is 1. The van der Waals surface area contributed by atoms with E-state index in [-0.39, 0.29) is 31.5 Å². The van der Waals surface area contributed by atoms with Crippen LogP contribution in [0.4, 0.5) is 18.9 Å². The number of aliphatic hydroxyl groups is 1. The highest BCUT2D eigenvalue weighted by molar-refractivity contribution is 5.92. The topological polar surface area (TPSA) is 105 Å². The van der Waals surface area contributed by atoms with Crippen molar-refractivity contribution in [2.75, 3.05) is 38.1 Å². The van der Waals surface area contributed by atoms with Crippen molar-refractivity contribution in [3.8, 4) is 6.07 Å². The number of nitrogens with one attached hydrogen (secondary N) is 1. The summed E-state index contributed by atoms with van der Waals surface area (Å²) in [6.45, 7) is 1.18. The number of nitrogens with zero attached hydrogens (tertiary/aromatic N) is 5. The Morgan fingerprint density at radius 3 is 2.56 bits per heavy atom. The summed E-state index contributed by atoms with van der Waals surface area (Å²) in [7, 11) is 1.94. The minimum Gasteiger partial charge on any atom is -0.389 e. The lowest BCUT2D eigenvalue weighted by molar-refractivity contribution is -0.178. The van der Waals surface area contributed by atoms with Crippen molar-refractivity contribution in [1.82, 2.24) is 20.2 Å².